The van der Waals surface area contributed by atoms with Crippen molar-refractivity contribution in [2.75, 3.05) is 13.1 Å². The van der Waals surface area contributed by atoms with Crippen LogP contribution in [0.1, 0.15) is 18.0 Å². The molecule has 0 aromatic carbocycles. The maximum Gasteiger partial charge on any atom is 0.145 e. The summed E-state index contributed by atoms with van der Waals surface area (Å²) in [5.41, 5.74) is 0.613. The Bertz CT molecular complexity index is 269. The molecule has 1 N–H and O–H groups in total. The zero-order chi connectivity index (χ0) is 8.39. The van der Waals surface area contributed by atoms with Crippen molar-refractivity contribution >= 4 is 0 Å². The van der Waals surface area contributed by atoms with Crippen molar-refractivity contribution in [3.8, 4) is 0 Å². The lowest BCUT2D eigenvalue weighted by atomic mass is 10.0. The van der Waals surface area contributed by atoms with Crippen LogP contribution in [0.15, 0.2) is 18.3 Å². The minimum atomic E-state index is -0.175. The molecule has 2 heterocycles. The lowest BCUT2D eigenvalue weighted by molar-refractivity contribution is 0.573. The summed E-state index contributed by atoms with van der Waals surface area (Å²) in [6.07, 6.45) is 2.64. The van der Waals surface area contributed by atoms with Gasteiger partial charge in [-0.25, -0.2) is 4.39 Å². The summed E-state index contributed by atoms with van der Waals surface area (Å²) >= 11 is 0. The predicted octanol–water partition coefficient (Wildman–Crippen LogP) is 1.30. The first-order valence-corrected chi connectivity index (χ1v) is 4.19. The van der Waals surface area contributed by atoms with Crippen LogP contribution in [0.25, 0.3) is 0 Å². The van der Waals surface area contributed by atoms with E-state index >= 15 is 0 Å². The number of aromatic nitrogens is 1. The minimum absolute atomic E-state index is 0.175. The molecule has 2 nitrogen and oxygen atoms in total. The van der Waals surface area contributed by atoms with Crippen molar-refractivity contribution in [2.24, 2.45) is 0 Å². The van der Waals surface area contributed by atoms with Crippen molar-refractivity contribution in [1.82, 2.24) is 10.3 Å². The van der Waals surface area contributed by atoms with Crippen LogP contribution < -0.4 is 5.32 Å². The topological polar surface area (TPSA) is 24.9 Å². The van der Waals surface area contributed by atoms with Gasteiger partial charge < -0.3 is 5.32 Å². The van der Waals surface area contributed by atoms with Gasteiger partial charge in [0.15, 0.2) is 0 Å². The van der Waals surface area contributed by atoms with Crippen molar-refractivity contribution in [3.63, 3.8) is 0 Å². The number of nitrogens with zero attached hydrogens (tertiary/aromatic N) is 1. The molecule has 1 unspecified atom stereocenters. The van der Waals surface area contributed by atoms with Gasteiger partial charge >= 0.3 is 0 Å². The third-order valence-corrected chi connectivity index (χ3v) is 2.23. The van der Waals surface area contributed by atoms with Crippen LogP contribution >= 0.6 is 0 Å². The van der Waals surface area contributed by atoms with E-state index in [-0.39, 0.29) is 11.7 Å². The molecule has 1 aliphatic rings. The average molecular weight is 166 g/mol. The standard InChI is InChI=1S/C9H11FN2/c10-8-2-1-4-12-9(8)7-3-5-11-6-7/h1-2,4,7,11H,3,5-6H2. The smallest absolute Gasteiger partial charge is 0.145 e. The third kappa shape index (κ3) is 1.32. The molecule has 2 rings (SSSR count). The highest BCUT2D eigenvalue weighted by Gasteiger charge is 2.20. The molecule has 64 valence electrons. The second-order valence-corrected chi connectivity index (χ2v) is 3.06. The molecule has 0 bridgehead atoms. The highest BCUT2D eigenvalue weighted by molar-refractivity contribution is 5.14. The first-order valence-electron chi connectivity index (χ1n) is 4.19. The zero-order valence-electron chi connectivity index (χ0n) is 6.76. The van der Waals surface area contributed by atoms with E-state index in [1.807, 2.05) is 0 Å². The Hall–Kier alpha value is -0.960. The van der Waals surface area contributed by atoms with Gasteiger partial charge in [0.05, 0.1) is 5.69 Å². The SMILES string of the molecule is Fc1cccnc1C1CCNC1. The molecular formula is C9H11FN2. The van der Waals surface area contributed by atoms with Crippen LogP contribution in [-0.2, 0) is 0 Å². The molecular weight excluding hydrogens is 155 g/mol. The summed E-state index contributed by atoms with van der Waals surface area (Å²) in [4.78, 5) is 4.05. The third-order valence-electron chi connectivity index (χ3n) is 2.23. The second kappa shape index (κ2) is 3.19. The lowest BCUT2D eigenvalue weighted by Crippen LogP contribution is -2.09. The summed E-state index contributed by atoms with van der Waals surface area (Å²) < 4.78 is 13.2. The van der Waals surface area contributed by atoms with Gasteiger partial charge in [-0.3, -0.25) is 4.98 Å². The van der Waals surface area contributed by atoms with E-state index in [1.165, 1.54) is 6.07 Å². The van der Waals surface area contributed by atoms with Gasteiger partial charge in [-0.05, 0) is 25.1 Å². The highest BCUT2D eigenvalue weighted by Crippen LogP contribution is 2.21. The van der Waals surface area contributed by atoms with Gasteiger partial charge in [0.2, 0.25) is 0 Å². The molecule has 1 aliphatic heterocycles. The molecule has 0 amide bonds. The van der Waals surface area contributed by atoms with Gasteiger partial charge in [-0.2, -0.15) is 0 Å². The fraction of sp³-hybridized carbons (Fsp3) is 0.444. The monoisotopic (exact) mass is 166 g/mol. The van der Waals surface area contributed by atoms with Crippen molar-refractivity contribution in [3.05, 3.63) is 29.8 Å². The Morgan fingerprint density at radius 1 is 1.58 bits per heavy atom. The van der Waals surface area contributed by atoms with Crippen LogP contribution in [0.4, 0.5) is 4.39 Å². The van der Waals surface area contributed by atoms with E-state index in [2.05, 4.69) is 10.3 Å². The molecule has 1 atom stereocenters. The van der Waals surface area contributed by atoms with Crippen molar-refractivity contribution in [2.45, 2.75) is 12.3 Å². The van der Waals surface area contributed by atoms with Crippen molar-refractivity contribution < 1.29 is 4.39 Å². The first kappa shape index (κ1) is 7.68. The molecule has 3 heteroatoms. The van der Waals surface area contributed by atoms with Crippen molar-refractivity contribution in [1.29, 1.82) is 0 Å². The zero-order valence-corrected chi connectivity index (χ0v) is 6.76. The summed E-state index contributed by atoms with van der Waals surface area (Å²) in [5.74, 6) is 0.0948. The summed E-state index contributed by atoms with van der Waals surface area (Å²) in [5, 5.41) is 3.19. The van der Waals surface area contributed by atoms with Crippen LogP contribution in [0.5, 0.6) is 0 Å². The van der Waals surface area contributed by atoms with E-state index in [1.54, 1.807) is 12.3 Å². The van der Waals surface area contributed by atoms with Gasteiger partial charge in [0, 0.05) is 18.7 Å². The summed E-state index contributed by atoms with van der Waals surface area (Å²) in [7, 11) is 0. The maximum absolute atomic E-state index is 13.2. The normalized spacial score (nSPS) is 22.9. The van der Waals surface area contributed by atoms with Crippen LogP contribution in [0, 0.1) is 5.82 Å². The fourth-order valence-electron chi connectivity index (χ4n) is 1.59. The number of pyridine rings is 1. The summed E-state index contributed by atoms with van der Waals surface area (Å²) in [6.45, 7) is 1.83. The van der Waals surface area contributed by atoms with Gasteiger partial charge in [-0.15, -0.1) is 0 Å². The number of rotatable bonds is 1. The fourth-order valence-corrected chi connectivity index (χ4v) is 1.59. The quantitative estimate of drug-likeness (QED) is 0.680. The maximum atomic E-state index is 13.2. The molecule has 0 aliphatic carbocycles. The molecule has 0 spiro atoms. The Kier molecular flexibility index (Phi) is 2.04. The largest absolute Gasteiger partial charge is 0.316 e. The van der Waals surface area contributed by atoms with E-state index in [4.69, 9.17) is 0 Å². The van der Waals surface area contributed by atoms with Crippen LogP contribution in [0.2, 0.25) is 0 Å². The molecule has 0 saturated carbocycles. The van der Waals surface area contributed by atoms with E-state index in [9.17, 15) is 4.39 Å². The first-order chi connectivity index (χ1) is 5.88. The van der Waals surface area contributed by atoms with Gasteiger partial charge in [0.1, 0.15) is 5.82 Å². The molecule has 1 fully saturated rings. The highest BCUT2D eigenvalue weighted by atomic mass is 19.1. The number of hydrogen-bond donors (Lipinski definition) is 1. The van der Waals surface area contributed by atoms with E-state index < -0.39 is 0 Å². The summed E-state index contributed by atoms with van der Waals surface area (Å²) in [6, 6.07) is 3.10. The molecule has 12 heavy (non-hydrogen) atoms. The van der Waals surface area contributed by atoms with Gasteiger partial charge in [-0.1, -0.05) is 0 Å². The average Bonchev–Trinajstić information content (AvgIpc) is 2.57. The van der Waals surface area contributed by atoms with Crippen LogP contribution in [-0.4, -0.2) is 18.1 Å². The molecule has 0 radical (unpaired) electrons. The molecule has 1 aromatic heterocycles. The molecule has 1 aromatic rings. The Labute approximate surface area is 70.8 Å². The Balaban J connectivity index is 2.26. The van der Waals surface area contributed by atoms with Crippen LogP contribution in [0.3, 0.4) is 0 Å². The number of nitrogens with one attached hydrogen (secondary N) is 1. The van der Waals surface area contributed by atoms with E-state index in [0.29, 0.717) is 5.69 Å². The lowest BCUT2D eigenvalue weighted by Gasteiger charge is -2.07. The predicted molar refractivity (Wildman–Crippen MR) is 44.4 cm³/mol. The van der Waals surface area contributed by atoms with E-state index in [0.717, 1.165) is 19.5 Å². The van der Waals surface area contributed by atoms with Gasteiger partial charge in [0.25, 0.3) is 0 Å². The second-order valence-electron chi connectivity index (χ2n) is 3.06. The number of halogens is 1. The number of hydrogen-bond acceptors (Lipinski definition) is 2. The Morgan fingerprint density at radius 2 is 2.50 bits per heavy atom. The Morgan fingerprint density at radius 3 is 3.17 bits per heavy atom. The minimum Gasteiger partial charge on any atom is -0.316 e. The molecule has 1 saturated heterocycles.